The van der Waals surface area contributed by atoms with Crippen molar-refractivity contribution in [1.82, 2.24) is 14.1 Å². The smallest absolute Gasteiger partial charge is 0.278 e. The number of amides is 1. The van der Waals surface area contributed by atoms with E-state index in [1.54, 1.807) is 17.0 Å². The Morgan fingerprint density at radius 2 is 1.89 bits per heavy atom. The molecule has 0 unspecified atom stereocenters. The van der Waals surface area contributed by atoms with Crippen LogP contribution in [0.2, 0.25) is 5.02 Å². The number of nitrogens with zero attached hydrogens (tertiary/aromatic N) is 3. The highest BCUT2D eigenvalue weighted by Gasteiger charge is 2.19. The number of carbonyl (C=O) groups is 1. The van der Waals surface area contributed by atoms with Gasteiger partial charge in [-0.15, -0.1) is 0 Å². The summed E-state index contributed by atoms with van der Waals surface area (Å²) in [6.45, 7) is 4.35. The Labute approximate surface area is 207 Å². The number of hydrogen-bond acceptors (Lipinski definition) is 3. The number of anilines is 1. The first kappa shape index (κ1) is 22.9. The van der Waals surface area contributed by atoms with Crippen LogP contribution in [-0.4, -0.2) is 20.0 Å². The molecule has 0 aliphatic carbocycles. The van der Waals surface area contributed by atoms with E-state index in [1.807, 2.05) is 67.6 Å². The predicted molar refractivity (Wildman–Crippen MR) is 141 cm³/mol. The van der Waals surface area contributed by atoms with Crippen molar-refractivity contribution in [3.63, 3.8) is 0 Å². The van der Waals surface area contributed by atoms with Gasteiger partial charge in [0.15, 0.2) is 0 Å². The second-order valence-electron chi connectivity index (χ2n) is 8.68. The van der Waals surface area contributed by atoms with Gasteiger partial charge in [-0.3, -0.25) is 14.2 Å². The molecule has 0 bridgehead atoms. The quantitative estimate of drug-likeness (QED) is 0.343. The zero-order chi connectivity index (χ0) is 24.5. The second kappa shape index (κ2) is 9.39. The van der Waals surface area contributed by atoms with E-state index in [9.17, 15) is 9.59 Å². The fraction of sp³-hybridized carbons (Fsp3) is 0.179. The maximum atomic E-state index is 13.7. The molecule has 0 atom stereocenters. The van der Waals surface area contributed by atoms with Gasteiger partial charge in [0.2, 0.25) is 5.91 Å². The van der Waals surface area contributed by atoms with Gasteiger partial charge in [-0.05, 0) is 54.8 Å². The zero-order valence-electron chi connectivity index (χ0n) is 19.6. The number of nitrogens with one attached hydrogen (secondary N) is 1. The molecule has 7 heteroatoms. The van der Waals surface area contributed by atoms with Gasteiger partial charge in [0.05, 0.1) is 18.4 Å². The van der Waals surface area contributed by atoms with Gasteiger partial charge in [-0.2, -0.15) is 0 Å². The SMILES string of the molecule is CCc1cccc(NC(=O)Cn2c3ccc(C)cc3c3ncn(Cc4ccccc4Cl)c(=O)c32)c1. The van der Waals surface area contributed by atoms with Gasteiger partial charge >= 0.3 is 0 Å². The van der Waals surface area contributed by atoms with Gasteiger partial charge < -0.3 is 9.88 Å². The number of halogens is 1. The molecule has 5 rings (SSSR count). The van der Waals surface area contributed by atoms with Crippen molar-refractivity contribution in [2.75, 3.05) is 5.32 Å². The Kier molecular flexibility index (Phi) is 6.14. The molecule has 0 aliphatic rings. The van der Waals surface area contributed by atoms with Gasteiger partial charge in [-0.25, -0.2) is 4.98 Å². The first-order chi connectivity index (χ1) is 16.9. The number of aryl methyl sites for hydroxylation is 2. The highest BCUT2D eigenvalue weighted by atomic mass is 35.5. The van der Waals surface area contributed by atoms with Gasteiger partial charge in [0.25, 0.3) is 5.56 Å². The molecule has 176 valence electrons. The Hall–Kier alpha value is -3.90. The topological polar surface area (TPSA) is 68.9 Å². The summed E-state index contributed by atoms with van der Waals surface area (Å²) in [5.41, 5.74) is 5.32. The molecule has 3 aromatic carbocycles. The lowest BCUT2D eigenvalue weighted by Crippen LogP contribution is -2.25. The molecule has 0 aliphatic heterocycles. The third kappa shape index (κ3) is 4.45. The van der Waals surface area contributed by atoms with E-state index < -0.39 is 0 Å². The van der Waals surface area contributed by atoms with E-state index in [2.05, 4.69) is 17.2 Å². The summed E-state index contributed by atoms with van der Waals surface area (Å²) in [5.74, 6) is -0.210. The standard InChI is InChI=1S/C28H25ClN4O2/c1-3-19-7-6-9-21(14-19)31-25(34)16-33-24-12-11-18(2)13-22(24)26-27(33)28(35)32(17-30-26)15-20-8-4-5-10-23(20)29/h4-14,17H,3,15-16H2,1-2H3,(H,31,34). The molecule has 35 heavy (non-hydrogen) atoms. The van der Waals surface area contributed by atoms with Crippen LogP contribution in [0.5, 0.6) is 0 Å². The Morgan fingerprint density at radius 1 is 1.06 bits per heavy atom. The lowest BCUT2D eigenvalue weighted by molar-refractivity contribution is -0.116. The van der Waals surface area contributed by atoms with Crippen LogP contribution in [0.1, 0.15) is 23.6 Å². The largest absolute Gasteiger partial charge is 0.325 e. The van der Waals surface area contributed by atoms with E-state index in [0.717, 1.165) is 39.7 Å². The highest BCUT2D eigenvalue weighted by molar-refractivity contribution is 6.31. The number of fused-ring (bicyclic) bond motifs is 3. The number of rotatable bonds is 6. The molecule has 1 amide bonds. The third-order valence-electron chi connectivity index (χ3n) is 6.20. The van der Waals surface area contributed by atoms with Crippen LogP contribution in [-0.2, 0) is 24.3 Å². The lowest BCUT2D eigenvalue weighted by atomic mass is 10.1. The summed E-state index contributed by atoms with van der Waals surface area (Å²) in [5, 5.41) is 4.41. The fourth-order valence-corrected chi connectivity index (χ4v) is 4.61. The molecule has 0 saturated carbocycles. The Bertz CT molecular complexity index is 1630. The first-order valence-electron chi connectivity index (χ1n) is 11.5. The molecular weight excluding hydrogens is 460 g/mol. The number of aromatic nitrogens is 3. The molecule has 0 saturated heterocycles. The van der Waals surface area contributed by atoms with E-state index in [-0.39, 0.29) is 24.6 Å². The van der Waals surface area contributed by atoms with Crippen LogP contribution < -0.4 is 10.9 Å². The zero-order valence-corrected chi connectivity index (χ0v) is 20.3. The van der Waals surface area contributed by atoms with Crippen molar-refractivity contribution >= 4 is 45.1 Å². The summed E-state index contributed by atoms with van der Waals surface area (Å²) in [6, 6.07) is 21.1. The molecule has 0 spiro atoms. The molecule has 1 N–H and O–H groups in total. The average molecular weight is 485 g/mol. The molecular formula is C28H25ClN4O2. The van der Waals surface area contributed by atoms with Gasteiger partial charge in [-0.1, -0.05) is 60.5 Å². The minimum Gasteiger partial charge on any atom is -0.325 e. The molecule has 0 radical (unpaired) electrons. The summed E-state index contributed by atoms with van der Waals surface area (Å²) < 4.78 is 3.30. The van der Waals surface area contributed by atoms with Crippen LogP contribution in [0.4, 0.5) is 5.69 Å². The van der Waals surface area contributed by atoms with Gasteiger partial charge in [0, 0.05) is 16.1 Å². The molecule has 2 aromatic heterocycles. The van der Waals surface area contributed by atoms with Crippen molar-refractivity contribution in [2.24, 2.45) is 0 Å². The maximum absolute atomic E-state index is 13.7. The first-order valence-corrected chi connectivity index (χ1v) is 11.9. The number of carbonyl (C=O) groups excluding carboxylic acids is 1. The summed E-state index contributed by atoms with van der Waals surface area (Å²) in [7, 11) is 0. The number of benzene rings is 3. The van der Waals surface area contributed by atoms with Crippen molar-refractivity contribution in [3.8, 4) is 0 Å². The van der Waals surface area contributed by atoms with Gasteiger partial charge in [0.1, 0.15) is 17.6 Å². The monoisotopic (exact) mass is 484 g/mol. The van der Waals surface area contributed by atoms with E-state index in [0.29, 0.717) is 16.1 Å². The summed E-state index contributed by atoms with van der Waals surface area (Å²) in [4.78, 5) is 31.4. The third-order valence-corrected chi connectivity index (χ3v) is 6.57. The predicted octanol–water partition coefficient (Wildman–Crippen LogP) is 5.56. The van der Waals surface area contributed by atoms with Crippen LogP contribution in [0.25, 0.3) is 21.9 Å². The normalized spacial score (nSPS) is 11.3. The second-order valence-corrected chi connectivity index (χ2v) is 9.08. The van der Waals surface area contributed by atoms with Crippen LogP contribution in [0, 0.1) is 6.92 Å². The van der Waals surface area contributed by atoms with Crippen molar-refractivity contribution < 1.29 is 4.79 Å². The fourth-order valence-electron chi connectivity index (χ4n) is 4.41. The highest BCUT2D eigenvalue weighted by Crippen LogP contribution is 2.27. The van der Waals surface area contributed by atoms with Crippen molar-refractivity contribution in [2.45, 2.75) is 33.4 Å². The van der Waals surface area contributed by atoms with E-state index in [1.165, 1.54) is 4.57 Å². The van der Waals surface area contributed by atoms with Crippen LogP contribution in [0.15, 0.2) is 77.9 Å². The number of hydrogen-bond donors (Lipinski definition) is 1. The van der Waals surface area contributed by atoms with Crippen molar-refractivity contribution in [1.29, 1.82) is 0 Å². The Balaban J connectivity index is 1.59. The summed E-state index contributed by atoms with van der Waals surface area (Å²) in [6.07, 6.45) is 2.43. The minimum atomic E-state index is -0.218. The molecule has 2 heterocycles. The minimum absolute atomic E-state index is 0.00750. The summed E-state index contributed by atoms with van der Waals surface area (Å²) >= 11 is 6.33. The molecule has 5 aromatic rings. The lowest BCUT2D eigenvalue weighted by Gasteiger charge is -2.11. The van der Waals surface area contributed by atoms with Crippen molar-refractivity contribution in [3.05, 3.63) is 105 Å². The van der Waals surface area contributed by atoms with E-state index in [4.69, 9.17) is 11.6 Å². The van der Waals surface area contributed by atoms with Crippen LogP contribution in [0.3, 0.4) is 0 Å². The molecule has 0 fully saturated rings. The molecule has 6 nitrogen and oxygen atoms in total. The Morgan fingerprint density at radius 3 is 2.69 bits per heavy atom. The average Bonchev–Trinajstić information content (AvgIpc) is 3.15. The van der Waals surface area contributed by atoms with E-state index >= 15 is 0 Å². The van der Waals surface area contributed by atoms with Crippen LogP contribution >= 0.6 is 11.6 Å². The maximum Gasteiger partial charge on any atom is 0.278 e.